The van der Waals surface area contributed by atoms with Crippen molar-refractivity contribution in [3.63, 3.8) is 0 Å². The number of anilines is 1. The molecular formula is C16H15ClN2S. The second-order valence-electron chi connectivity index (χ2n) is 4.80. The highest BCUT2D eigenvalue weighted by Crippen LogP contribution is 2.35. The number of thiophene rings is 1. The third kappa shape index (κ3) is 2.51. The largest absolute Gasteiger partial charge is 0.363 e. The zero-order chi connectivity index (χ0) is 14.1. The molecule has 1 N–H and O–H groups in total. The normalized spacial score (nSPS) is 12.6. The lowest BCUT2D eigenvalue weighted by Crippen LogP contribution is -2.07. The molecule has 0 aliphatic heterocycles. The fourth-order valence-corrected chi connectivity index (χ4v) is 3.76. The van der Waals surface area contributed by atoms with E-state index in [4.69, 9.17) is 11.6 Å². The number of hydrogen-bond acceptors (Lipinski definition) is 3. The lowest BCUT2D eigenvalue weighted by Gasteiger charge is -2.14. The Morgan fingerprint density at radius 1 is 1.15 bits per heavy atom. The van der Waals surface area contributed by atoms with E-state index in [1.165, 1.54) is 20.5 Å². The minimum absolute atomic E-state index is 0.207. The summed E-state index contributed by atoms with van der Waals surface area (Å²) in [6.45, 7) is 4.33. The van der Waals surface area contributed by atoms with E-state index in [1.54, 1.807) is 6.07 Å². The molecule has 2 aromatic heterocycles. The smallest absolute Gasteiger partial charge is 0.131 e. The van der Waals surface area contributed by atoms with Crippen LogP contribution in [0.2, 0.25) is 5.15 Å². The van der Waals surface area contributed by atoms with E-state index >= 15 is 0 Å². The lowest BCUT2D eigenvalue weighted by molar-refractivity contribution is 0.889. The zero-order valence-electron chi connectivity index (χ0n) is 11.4. The number of nitrogens with one attached hydrogen (secondary N) is 1. The van der Waals surface area contributed by atoms with E-state index in [9.17, 15) is 0 Å². The van der Waals surface area contributed by atoms with E-state index in [2.05, 4.69) is 48.4 Å². The van der Waals surface area contributed by atoms with Gasteiger partial charge in [0.1, 0.15) is 11.0 Å². The maximum absolute atomic E-state index is 5.92. The molecule has 0 aliphatic rings. The first-order chi connectivity index (χ1) is 9.65. The van der Waals surface area contributed by atoms with Crippen molar-refractivity contribution in [3.05, 3.63) is 58.1 Å². The highest BCUT2D eigenvalue weighted by atomic mass is 35.5. The fourth-order valence-electron chi connectivity index (χ4n) is 2.38. The summed E-state index contributed by atoms with van der Waals surface area (Å²) in [6.07, 6.45) is 0. The van der Waals surface area contributed by atoms with E-state index in [-0.39, 0.29) is 6.04 Å². The molecule has 0 saturated carbocycles. The molecule has 0 radical (unpaired) electrons. The van der Waals surface area contributed by atoms with Gasteiger partial charge in [-0.1, -0.05) is 35.9 Å². The van der Waals surface area contributed by atoms with Gasteiger partial charge in [-0.05, 0) is 43.0 Å². The van der Waals surface area contributed by atoms with Gasteiger partial charge in [-0.2, -0.15) is 0 Å². The Bertz CT molecular complexity index is 751. The number of fused-ring (bicyclic) bond motifs is 1. The van der Waals surface area contributed by atoms with Gasteiger partial charge in [0.05, 0.1) is 6.04 Å². The molecule has 1 aromatic carbocycles. The molecule has 0 aliphatic carbocycles. The van der Waals surface area contributed by atoms with Crippen molar-refractivity contribution in [2.75, 3.05) is 5.32 Å². The molecule has 102 valence electrons. The van der Waals surface area contributed by atoms with Crippen molar-refractivity contribution in [3.8, 4) is 0 Å². The number of aryl methyl sites for hydroxylation is 1. The molecule has 0 fully saturated rings. The van der Waals surface area contributed by atoms with Gasteiger partial charge in [-0.25, -0.2) is 4.98 Å². The monoisotopic (exact) mass is 302 g/mol. The second kappa shape index (κ2) is 5.43. The highest BCUT2D eigenvalue weighted by molar-refractivity contribution is 7.19. The molecule has 2 nitrogen and oxygen atoms in total. The van der Waals surface area contributed by atoms with Crippen LogP contribution in [0.25, 0.3) is 10.1 Å². The van der Waals surface area contributed by atoms with Crippen LogP contribution in [0.4, 0.5) is 5.82 Å². The molecule has 3 rings (SSSR count). The van der Waals surface area contributed by atoms with Crippen molar-refractivity contribution < 1.29 is 0 Å². The Labute approximate surface area is 127 Å². The molecule has 1 unspecified atom stereocenters. The maximum Gasteiger partial charge on any atom is 0.131 e. The van der Waals surface area contributed by atoms with Crippen LogP contribution in [-0.4, -0.2) is 4.98 Å². The van der Waals surface area contributed by atoms with Crippen LogP contribution < -0.4 is 5.32 Å². The molecule has 0 saturated heterocycles. The summed E-state index contributed by atoms with van der Waals surface area (Å²) >= 11 is 7.75. The summed E-state index contributed by atoms with van der Waals surface area (Å²) < 4.78 is 1.33. The van der Waals surface area contributed by atoms with Gasteiger partial charge in [0, 0.05) is 9.58 Å². The van der Waals surface area contributed by atoms with Crippen LogP contribution in [-0.2, 0) is 0 Å². The van der Waals surface area contributed by atoms with E-state index in [1.807, 2.05) is 23.5 Å². The minimum Gasteiger partial charge on any atom is -0.363 e. The van der Waals surface area contributed by atoms with E-state index in [0.29, 0.717) is 5.15 Å². The van der Waals surface area contributed by atoms with Crippen LogP contribution in [0.1, 0.15) is 23.4 Å². The second-order valence-corrected chi connectivity index (χ2v) is 6.27. The predicted molar refractivity (Wildman–Crippen MR) is 87.8 cm³/mol. The van der Waals surface area contributed by atoms with Crippen LogP contribution in [0.15, 0.2) is 42.5 Å². The highest BCUT2D eigenvalue weighted by Gasteiger charge is 2.14. The molecule has 0 spiro atoms. The number of aromatic nitrogens is 1. The number of halogens is 1. The molecule has 4 heteroatoms. The number of rotatable bonds is 3. The summed E-state index contributed by atoms with van der Waals surface area (Å²) in [7, 11) is 0. The van der Waals surface area contributed by atoms with Crippen molar-refractivity contribution >= 4 is 38.8 Å². The van der Waals surface area contributed by atoms with Crippen LogP contribution in [0, 0.1) is 6.92 Å². The quantitative estimate of drug-likeness (QED) is 0.652. The first kappa shape index (κ1) is 13.4. The van der Waals surface area contributed by atoms with Gasteiger partial charge in [-0.3, -0.25) is 0 Å². The third-order valence-corrected chi connectivity index (χ3v) is 5.02. The van der Waals surface area contributed by atoms with Gasteiger partial charge < -0.3 is 5.32 Å². The van der Waals surface area contributed by atoms with Gasteiger partial charge >= 0.3 is 0 Å². The summed E-state index contributed by atoms with van der Waals surface area (Å²) in [5.41, 5.74) is 1.34. The Kier molecular flexibility index (Phi) is 3.64. The first-order valence-corrected chi connectivity index (χ1v) is 7.71. The Morgan fingerprint density at radius 3 is 2.70 bits per heavy atom. The van der Waals surface area contributed by atoms with Crippen molar-refractivity contribution in [2.45, 2.75) is 19.9 Å². The van der Waals surface area contributed by atoms with Gasteiger partial charge in [0.2, 0.25) is 0 Å². The number of benzene rings is 1. The maximum atomic E-state index is 5.92. The molecular weight excluding hydrogens is 288 g/mol. The molecule has 0 bridgehead atoms. The van der Waals surface area contributed by atoms with Gasteiger partial charge in [0.25, 0.3) is 0 Å². The van der Waals surface area contributed by atoms with Crippen LogP contribution in [0.3, 0.4) is 0 Å². The molecule has 0 amide bonds. The number of hydrogen-bond donors (Lipinski definition) is 1. The molecule has 20 heavy (non-hydrogen) atoms. The lowest BCUT2D eigenvalue weighted by atomic mass is 10.1. The predicted octanol–water partition coefficient (Wildman–Crippen LogP) is 5.43. The van der Waals surface area contributed by atoms with Crippen LogP contribution in [0.5, 0.6) is 0 Å². The summed E-state index contributed by atoms with van der Waals surface area (Å²) in [5.74, 6) is 0.807. The molecule has 1 atom stereocenters. The fraction of sp³-hybridized carbons (Fsp3) is 0.188. The molecule has 2 heterocycles. The third-order valence-electron chi connectivity index (χ3n) is 3.35. The average molecular weight is 303 g/mol. The van der Waals surface area contributed by atoms with Crippen molar-refractivity contribution in [1.82, 2.24) is 4.98 Å². The van der Waals surface area contributed by atoms with E-state index in [0.717, 1.165) is 5.82 Å². The summed E-state index contributed by atoms with van der Waals surface area (Å²) in [4.78, 5) is 5.62. The number of pyridine rings is 1. The van der Waals surface area contributed by atoms with Crippen LogP contribution >= 0.6 is 22.9 Å². The Balaban J connectivity index is 1.92. The minimum atomic E-state index is 0.207. The van der Waals surface area contributed by atoms with Crippen molar-refractivity contribution in [2.24, 2.45) is 0 Å². The summed E-state index contributed by atoms with van der Waals surface area (Å²) in [5, 5.41) is 5.26. The Morgan fingerprint density at radius 2 is 1.95 bits per heavy atom. The van der Waals surface area contributed by atoms with Gasteiger partial charge in [0.15, 0.2) is 0 Å². The first-order valence-electron chi connectivity index (χ1n) is 6.52. The molecule has 3 aromatic rings. The average Bonchev–Trinajstić information content (AvgIpc) is 2.77. The summed E-state index contributed by atoms with van der Waals surface area (Å²) in [6, 6.07) is 14.3. The Hall–Kier alpha value is -1.58. The topological polar surface area (TPSA) is 24.9 Å². The van der Waals surface area contributed by atoms with Gasteiger partial charge in [-0.15, -0.1) is 11.3 Å². The standard InChI is InChI=1S/C16H15ClN2S/c1-10-12-6-3-4-7-13(12)20-16(10)11(2)18-15-9-5-8-14(17)19-15/h3-9,11H,1-2H3,(H,18,19). The SMILES string of the molecule is Cc1c(C(C)Nc2cccc(Cl)n2)sc2ccccc12. The zero-order valence-corrected chi connectivity index (χ0v) is 12.9. The number of nitrogens with zero attached hydrogens (tertiary/aromatic N) is 1. The van der Waals surface area contributed by atoms with Crippen molar-refractivity contribution in [1.29, 1.82) is 0 Å². The van der Waals surface area contributed by atoms with E-state index < -0.39 is 0 Å².